The van der Waals surface area contributed by atoms with Crippen LogP contribution in [0, 0.1) is 5.92 Å². The number of ether oxygens (including phenoxy) is 1. The number of nitrogens with one attached hydrogen (secondary N) is 1. The standard InChI is InChI=1S/C15H19NO2/c1-3-7-14-12(15(17)18-4-2)10-11-8-5-6-9-13(11)16-14/h3,5-6,8-9,12,14,16H,1,4,7,10H2,2H3/t12-,14-/m1/s1. The van der Waals surface area contributed by atoms with E-state index < -0.39 is 0 Å². The van der Waals surface area contributed by atoms with Gasteiger partial charge in [-0.05, 0) is 31.4 Å². The van der Waals surface area contributed by atoms with Crippen LogP contribution in [0.2, 0.25) is 0 Å². The van der Waals surface area contributed by atoms with Gasteiger partial charge in [0, 0.05) is 11.7 Å². The molecule has 1 aromatic carbocycles. The summed E-state index contributed by atoms with van der Waals surface area (Å²) in [5.41, 5.74) is 2.29. The van der Waals surface area contributed by atoms with Crippen molar-refractivity contribution in [1.82, 2.24) is 0 Å². The molecule has 1 N–H and O–H groups in total. The fourth-order valence-corrected chi connectivity index (χ4v) is 2.42. The Balaban J connectivity index is 2.22. The van der Waals surface area contributed by atoms with Gasteiger partial charge in [0.2, 0.25) is 0 Å². The molecular weight excluding hydrogens is 226 g/mol. The largest absolute Gasteiger partial charge is 0.466 e. The number of benzene rings is 1. The lowest BCUT2D eigenvalue weighted by Crippen LogP contribution is -2.40. The Morgan fingerprint density at radius 3 is 3.06 bits per heavy atom. The lowest BCUT2D eigenvalue weighted by molar-refractivity contribution is -0.148. The first-order valence-corrected chi connectivity index (χ1v) is 6.38. The molecule has 3 heteroatoms. The molecule has 0 unspecified atom stereocenters. The first kappa shape index (κ1) is 12.7. The molecule has 0 spiro atoms. The van der Waals surface area contributed by atoms with Crippen molar-refractivity contribution in [1.29, 1.82) is 0 Å². The third-order valence-corrected chi connectivity index (χ3v) is 3.29. The molecule has 18 heavy (non-hydrogen) atoms. The van der Waals surface area contributed by atoms with E-state index in [1.807, 2.05) is 31.2 Å². The summed E-state index contributed by atoms with van der Waals surface area (Å²) in [5, 5.41) is 3.42. The monoisotopic (exact) mass is 245 g/mol. The molecule has 0 amide bonds. The minimum absolute atomic E-state index is 0.0800. The molecule has 0 aliphatic carbocycles. The normalized spacial score (nSPS) is 21.6. The van der Waals surface area contributed by atoms with E-state index in [4.69, 9.17) is 4.74 Å². The number of anilines is 1. The van der Waals surface area contributed by atoms with E-state index in [0.29, 0.717) is 6.61 Å². The van der Waals surface area contributed by atoms with Gasteiger partial charge in [-0.3, -0.25) is 4.79 Å². The van der Waals surface area contributed by atoms with Gasteiger partial charge in [-0.2, -0.15) is 0 Å². The average Bonchev–Trinajstić information content (AvgIpc) is 2.38. The summed E-state index contributed by atoms with van der Waals surface area (Å²) in [5.74, 6) is -0.246. The van der Waals surface area contributed by atoms with E-state index in [2.05, 4.69) is 18.0 Å². The number of carbonyl (C=O) groups excluding carboxylic acids is 1. The van der Waals surface area contributed by atoms with E-state index in [1.165, 1.54) is 5.56 Å². The number of hydrogen-bond acceptors (Lipinski definition) is 3. The summed E-state index contributed by atoms with van der Waals surface area (Å²) in [7, 11) is 0. The fourth-order valence-electron chi connectivity index (χ4n) is 2.42. The molecule has 1 aromatic rings. The number of carbonyl (C=O) groups is 1. The van der Waals surface area contributed by atoms with E-state index in [0.717, 1.165) is 18.5 Å². The Morgan fingerprint density at radius 1 is 1.56 bits per heavy atom. The second-order valence-corrected chi connectivity index (χ2v) is 4.50. The molecule has 2 atom stereocenters. The van der Waals surface area contributed by atoms with Crippen LogP contribution in [0.4, 0.5) is 5.69 Å². The van der Waals surface area contributed by atoms with Crippen molar-refractivity contribution in [2.75, 3.05) is 11.9 Å². The molecule has 1 heterocycles. The van der Waals surface area contributed by atoms with Crippen molar-refractivity contribution in [2.45, 2.75) is 25.8 Å². The first-order chi connectivity index (χ1) is 8.76. The molecule has 0 aromatic heterocycles. The van der Waals surface area contributed by atoms with Crippen LogP contribution in [-0.4, -0.2) is 18.6 Å². The Kier molecular flexibility index (Phi) is 4.03. The number of para-hydroxylation sites is 1. The highest BCUT2D eigenvalue weighted by atomic mass is 16.5. The molecule has 2 rings (SSSR count). The topological polar surface area (TPSA) is 38.3 Å². The van der Waals surface area contributed by atoms with Gasteiger partial charge in [0.05, 0.1) is 12.5 Å². The van der Waals surface area contributed by atoms with E-state index in [-0.39, 0.29) is 17.9 Å². The zero-order valence-electron chi connectivity index (χ0n) is 10.7. The summed E-state index contributed by atoms with van der Waals surface area (Å²) in [4.78, 5) is 12.0. The minimum Gasteiger partial charge on any atom is -0.466 e. The third kappa shape index (κ3) is 2.55. The Morgan fingerprint density at radius 2 is 2.33 bits per heavy atom. The van der Waals surface area contributed by atoms with E-state index in [1.54, 1.807) is 0 Å². The van der Waals surface area contributed by atoms with E-state index in [9.17, 15) is 4.79 Å². The molecule has 0 radical (unpaired) electrons. The second-order valence-electron chi connectivity index (χ2n) is 4.50. The van der Waals surface area contributed by atoms with Crippen LogP contribution in [0.15, 0.2) is 36.9 Å². The predicted molar refractivity (Wildman–Crippen MR) is 72.5 cm³/mol. The summed E-state index contributed by atoms with van der Waals surface area (Å²) in [6, 6.07) is 8.18. The minimum atomic E-state index is -0.127. The highest BCUT2D eigenvalue weighted by molar-refractivity contribution is 5.76. The van der Waals surface area contributed by atoms with Crippen molar-refractivity contribution in [2.24, 2.45) is 5.92 Å². The van der Waals surface area contributed by atoms with Crippen LogP contribution in [0.25, 0.3) is 0 Å². The van der Waals surface area contributed by atoms with Crippen LogP contribution >= 0.6 is 0 Å². The Labute approximate surface area is 108 Å². The first-order valence-electron chi connectivity index (χ1n) is 6.38. The zero-order chi connectivity index (χ0) is 13.0. The highest BCUT2D eigenvalue weighted by Gasteiger charge is 2.33. The van der Waals surface area contributed by atoms with Gasteiger partial charge in [-0.15, -0.1) is 6.58 Å². The number of hydrogen-bond donors (Lipinski definition) is 1. The van der Waals surface area contributed by atoms with Crippen molar-refractivity contribution >= 4 is 11.7 Å². The lowest BCUT2D eigenvalue weighted by atomic mass is 9.85. The smallest absolute Gasteiger partial charge is 0.311 e. The van der Waals surface area contributed by atoms with Crippen molar-refractivity contribution in [3.8, 4) is 0 Å². The van der Waals surface area contributed by atoms with Crippen LogP contribution in [0.1, 0.15) is 18.9 Å². The number of esters is 1. The highest BCUT2D eigenvalue weighted by Crippen LogP contribution is 2.30. The quantitative estimate of drug-likeness (QED) is 0.655. The maximum absolute atomic E-state index is 12.0. The van der Waals surface area contributed by atoms with Gasteiger partial charge in [0.15, 0.2) is 0 Å². The maximum atomic E-state index is 12.0. The lowest BCUT2D eigenvalue weighted by Gasteiger charge is -2.32. The molecule has 1 aliphatic rings. The fraction of sp³-hybridized carbons (Fsp3) is 0.400. The van der Waals surface area contributed by atoms with Gasteiger partial charge in [0.1, 0.15) is 0 Å². The van der Waals surface area contributed by atoms with E-state index >= 15 is 0 Å². The Hall–Kier alpha value is -1.77. The summed E-state index contributed by atoms with van der Waals surface area (Å²) >= 11 is 0. The SMILES string of the molecule is C=CC[C@H]1Nc2ccccc2C[C@H]1C(=O)OCC. The van der Waals surface area contributed by atoms with Gasteiger partial charge in [-0.1, -0.05) is 24.3 Å². The number of rotatable bonds is 4. The van der Waals surface area contributed by atoms with Crippen molar-refractivity contribution in [3.05, 3.63) is 42.5 Å². The zero-order valence-corrected chi connectivity index (χ0v) is 10.7. The maximum Gasteiger partial charge on any atom is 0.311 e. The van der Waals surface area contributed by atoms with Crippen LogP contribution in [-0.2, 0) is 16.0 Å². The molecule has 0 saturated heterocycles. The van der Waals surface area contributed by atoms with Crippen LogP contribution in [0.3, 0.4) is 0 Å². The molecule has 0 saturated carbocycles. The van der Waals surface area contributed by atoms with Gasteiger partial charge in [0.25, 0.3) is 0 Å². The third-order valence-electron chi connectivity index (χ3n) is 3.29. The average molecular weight is 245 g/mol. The Bertz CT molecular complexity index is 442. The van der Waals surface area contributed by atoms with Crippen LogP contribution < -0.4 is 5.32 Å². The summed E-state index contributed by atoms with van der Waals surface area (Å²) < 4.78 is 5.16. The van der Waals surface area contributed by atoms with Gasteiger partial charge < -0.3 is 10.1 Å². The predicted octanol–water partition coefficient (Wildman–Crippen LogP) is 2.78. The molecule has 0 fully saturated rings. The van der Waals surface area contributed by atoms with Gasteiger partial charge >= 0.3 is 5.97 Å². The van der Waals surface area contributed by atoms with Crippen molar-refractivity contribution in [3.63, 3.8) is 0 Å². The summed E-state index contributed by atoms with van der Waals surface area (Å²) in [6.07, 6.45) is 3.34. The second kappa shape index (κ2) is 5.71. The summed E-state index contributed by atoms with van der Waals surface area (Å²) in [6.45, 7) is 6.02. The molecule has 96 valence electrons. The van der Waals surface area contributed by atoms with Gasteiger partial charge in [-0.25, -0.2) is 0 Å². The van der Waals surface area contributed by atoms with Crippen LogP contribution in [0.5, 0.6) is 0 Å². The molecule has 0 bridgehead atoms. The molecular formula is C15H19NO2. The van der Waals surface area contributed by atoms with Crippen molar-refractivity contribution < 1.29 is 9.53 Å². The molecule has 1 aliphatic heterocycles. The molecule has 3 nitrogen and oxygen atoms in total. The number of fused-ring (bicyclic) bond motifs is 1.